The minimum atomic E-state index is -1.13. The van der Waals surface area contributed by atoms with Gasteiger partial charge in [-0.05, 0) is 87.2 Å². The number of phenols is 1. The van der Waals surface area contributed by atoms with E-state index in [4.69, 9.17) is 10.5 Å². The number of carboxylic acid groups (broad SMARTS) is 1. The fourth-order valence-corrected chi connectivity index (χ4v) is 8.82. The first-order valence-electron chi connectivity index (χ1n) is 15.6. The highest BCUT2D eigenvalue weighted by Crippen LogP contribution is 2.69. The number of nitrogens with zero attached hydrogens (tertiary/aromatic N) is 1. The van der Waals surface area contributed by atoms with Crippen LogP contribution in [0.5, 0.6) is 11.5 Å². The van der Waals surface area contributed by atoms with Crippen LogP contribution in [0, 0.1) is 5.92 Å². The number of unbranched alkanes of at least 4 members (excludes halogenated alkanes) is 1. The molecular weight excluding hydrogens is 548 g/mol. The Hall–Kier alpha value is -3.60. The standard InChI is InChI=1S/C33H38N4O6/c34-12-2-1-6-22(31(40)41)35-30(39)20-5-3-4-19-21-15-33(42)24-14-18-9-10-23(38)28-25(18)32(33,11-13-37(24)16-17-7-8-17)29(43-28)27(21)36-26(19)20/h3-5,9-10,17,22,24,29,36,38,42H,1-2,6-8,11-16,34H2,(H,35,39)(H,40,41)/t22-,24-,29-,32-,33+/m0/s1. The zero-order valence-electron chi connectivity index (χ0n) is 24.1. The molecule has 1 amide bonds. The van der Waals surface area contributed by atoms with Crippen molar-refractivity contribution in [3.8, 4) is 11.5 Å². The van der Waals surface area contributed by atoms with Crippen molar-refractivity contribution in [2.24, 2.45) is 11.7 Å². The summed E-state index contributed by atoms with van der Waals surface area (Å²) in [5.74, 6) is -0.326. The molecule has 1 saturated carbocycles. The molecule has 1 spiro atoms. The molecule has 1 aromatic heterocycles. The molecular formula is C33H38N4O6. The summed E-state index contributed by atoms with van der Waals surface area (Å²) < 4.78 is 6.66. The van der Waals surface area contributed by atoms with Crippen LogP contribution in [0.1, 0.15) is 77.4 Å². The molecule has 8 rings (SSSR count). The van der Waals surface area contributed by atoms with Crippen molar-refractivity contribution in [2.45, 2.75) is 80.6 Å². The van der Waals surface area contributed by atoms with E-state index in [0.717, 1.165) is 40.9 Å². The number of hydrogen-bond donors (Lipinski definition) is 6. The quantitative estimate of drug-likeness (QED) is 0.209. The number of para-hydroxylation sites is 1. The molecule has 10 heteroatoms. The zero-order chi connectivity index (χ0) is 29.7. The number of aromatic nitrogens is 1. The van der Waals surface area contributed by atoms with Crippen LogP contribution in [0.15, 0.2) is 30.3 Å². The number of nitrogens with two attached hydrogens (primary N) is 1. The molecule has 0 unspecified atom stereocenters. The van der Waals surface area contributed by atoms with Crippen LogP contribution in [0.25, 0.3) is 10.9 Å². The number of carbonyl (C=O) groups is 2. The lowest BCUT2D eigenvalue weighted by atomic mass is 9.49. The number of aliphatic hydroxyl groups is 1. The average molecular weight is 587 g/mol. The smallest absolute Gasteiger partial charge is 0.326 e. The van der Waals surface area contributed by atoms with Gasteiger partial charge in [-0.1, -0.05) is 18.2 Å². The maximum Gasteiger partial charge on any atom is 0.326 e. The highest BCUT2D eigenvalue weighted by Gasteiger charge is 2.72. The Morgan fingerprint density at radius 1 is 1.21 bits per heavy atom. The Morgan fingerprint density at radius 3 is 2.81 bits per heavy atom. The number of carbonyl (C=O) groups excluding carboxylic acids is 1. The second kappa shape index (κ2) is 9.45. The fraction of sp³-hybridized carbons (Fsp3) is 0.515. The molecule has 2 aromatic carbocycles. The minimum absolute atomic E-state index is 0.0795. The van der Waals surface area contributed by atoms with Crippen molar-refractivity contribution in [3.63, 3.8) is 0 Å². The van der Waals surface area contributed by atoms with Gasteiger partial charge in [0.05, 0.1) is 27.8 Å². The molecule has 10 nitrogen and oxygen atoms in total. The normalized spacial score (nSPS) is 29.1. The lowest BCUT2D eigenvalue weighted by Crippen LogP contribution is -2.74. The maximum atomic E-state index is 13.6. The summed E-state index contributed by atoms with van der Waals surface area (Å²) in [5.41, 5.74) is 8.46. The van der Waals surface area contributed by atoms with Crippen LogP contribution in [0.4, 0.5) is 0 Å². The van der Waals surface area contributed by atoms with E-state index in [2.05, 4.69) is 15.2 Å². The first-order chi connectivity index (χ1) is 20.8. The van der Waals surface area contributed by atoms with Gasteiger partial charge >= 0.3 is 5.97 Å². The number of aromatic amines is 1. The largest absolute Gasteiger partial charge is 0.504 e. The van der Waals surface area contributed by atoms with E-state index < -0.39 is 35.0 Å². The number of likely N-dealkylation sites (tertiary alicyclic amines) is 1. The summed E-state index contributed by atoms with van der Waals surface area (Å²) in [4.78, 5) is 31.5. The van der Waals surface area contributed by atoms with Crippen LogP contribution in [0.2, 0.25) is 0 Å². The van der Waals surface area contributed by atoms with Crippen LogP contribution in [0.3, 0.4) is 0 Å². The Labute approximate surface area is 249 Å². The third kappa shape index (κ3) is 3.69. The van der Waals surface area contributed by atoms with Crippen LogP contribution in [-0.2, 0) is 23.1 Å². The molecule has 0 radical (unpaired) electrons. The number of amides is 1. The van der Waals surface area contributed by atoms with Crippen molar-refractivity contribution in [1.29, 1.82) is 0 Å². The summed E-state index contributed by atoms with van der Waals surface area (Å²) in [5, 5.41) is 37.3. The molecule has 3 aromatic rings. The number of benzene rings is 2. The molecule has 43 heavy (non-hydrogen) atoms. The van der Waals surface area contributed by atoms with Crippen molar-refractivity contribution in [2.75, 3.05) is 19.6 Å². The number of aromatic hydroxyl groups is 1. The van der Waals surface area contributed by atoms with Gasteiger partial charge in [-0.25, -0.2) is 4.79 Å². The molecule has 3 aliphatic carbocycles. The fourth-order valence-electron chi connectivity index (χ4n) is 8.82. The van der Waals surface area contributed by atoms with Crippen LogP contribution in [-0.4, -0.2) is 74.4 Å². The van der Waals surface area contributed by atoms with Crippen molar-refractivity contribution < 1.29 is 29.6 Å². The Morgan fingerprint density at radius 2 is 2.05 bits per heavy atom. The van der Waals surface area contributed by atoms with Gasteiger partial charge in [-0.2, -0.15) is 0 Å². The number of phenolic OH excluding ortho intramolecular Hbond substituents is 1. The maximum absolute atomic E-state index is 13.6. The van der Waals surface area contributed by atoms with E-state index in [1.807, 2.05) is 12.1 Å². The predicted molar refractivity (Wildman–Crippen MR) is 158 cm³/mol. The first-order valence-corrected chi connectivity index (χ1v) is 15.6. The van der Waals surface area contributed by atoms with E-state index in [0.29, 0.717) is 67.8 Å². The van der Waals surface area contributed by atoms with Gasteiger partial charge in [0.25, 0.3) is 5.91 Å². The van der Waals surface area contributed by atoms with E-state index in [9.17, 15) is 24.9 Å². The summed E-state index contributed by atoms with van der Waals surface area (Å²) in [7, 11) is 0. The number of piperidine rings is 1. The topological polar surface area (TPSA) is 161 Å². The van der Waals surface area contributed by atoms with E-state index in [-0.39, 0.29) is 11.8 Å². The van der Waals surface area contributed by atoms with Gasteiger partial charge in [-0.3, -0.25) is 9.69 Å². The SMILES string of the molecule is NCCCC[C@H](NC(=O)c1cccc2c3c([nH]c12)[C@@H]1Oc2c(O)ccc4c2[C@@]12CCN(CC1CC1)[C@@H](C4)[C@]2(O)C3)C(=O)O. The zero-order valence-corrected chi connectivity index (χ0v) is 24.1. The molecule has 226 valence electrons. The van der Waals surface area contributed by atoms with E-state index in [1.54, 1.807) is 18.2 Å². The summed E-state index contributed by atoms with van der Waals surface area (Å²) in [6, 6.07) is 8.03. The second-order valence-corrected chi connectivity index (χ2v) is 13.3. The van der Waals surface area contributed by atoms with Crippen LogP contribution >= 0.6 is 0 Å². The van der Waals surface area contributed by atoms with Crippen molar-refractivity contribution >= 4 is 22.8 Å². The lowest BCUT2D eigenvalue weighted by molar-refractivity contribution is -0.173. The van der Waals surface area contributed by atoms with Crippen LogP contribution < -0.4 is 15.8 Å². The number of hydrogen-bond acceptors (Lipinski definition) is 7. The molecule has 5 aliphatic rings. The highest BCUT2D eigenvalue weighted by atomic mass is 16.5. The van der Waals surface area contributed by atoms with Gasteiger partial charge < -0.3 is 36.1 Å². The molecule has 7 N–H and O–H groups in total. The number of carboxylic acids is 1. The van der Waals surface area contributed by atoms with E-state index >= 15 is 0 Å². The summed E-state index contributed by atoms with van der Waals surface area (Å²) in [6.45, 7) is 2.30. The van der Waals surface area contributed by atoms with Gasteiger partial charge in [-0.15, -0.1) is 0 Å². The Bertz CT molecular complexity index is 1660. The van der Waals surface area contributed by atoms with Crippen molar-refractivity contribution in [1.82, 2.24) is 15.2 Å². The molecule has 2 fully saturated rings. The predicted octanol–water partition coefficient (Wildman–Crippen LogP) is 2.88. The molecule has 1 saturated heterocycles. The highest BCUT2D eigenvalue weighted by molar-refractivity contribution is 6.08. The van der Waals surface area contributed by atoms with Crippen molar-refractivity contribution in [3.05, 3.63) is 58.3 Å². The number of H-pyrrole nitrogens is 1. The summed E-state index contributed by atoms with van der Waals surface area (Å²) in [6.07, 6.45) is 5.28. The number of ether oxygens (including phenoxy) is 1. The van der Waals surface area contributed by atoms with Gasteiger partial charge in [0.1, 0.15) is 6.04 Å². The Balaban J connectivity index is 1.24. The lowest BCUT2D eigenvalue weighted by Gasteiger charge is -2.62. The monoisotopic (exact) mass is 586 g/mol. The van der Waals surface area contributed by atoms with Gasteiger partial charge in [0, 0.05) is 30.0 Å². The van der Waals surface area contributed by atoms with Gasteiger partial charge in [0.2, 0.25) is 0 Å². The van der Waals surface area contributed by atoms with E-state index in [1.165, 1.54) is 12.8 Å². The number of fused-ring (bicyclic) bond motifs is 4. The second-order valence-electron chi connectivity index (χ2n) is 13.3. The summed E-state index contributed by atoms with van der Waals surface area (Å²) >= 11 is 0. The first kappa shape index (κ1) is 27.0. The minimum Gasteiger partial charge on any atom is -0.504 e. The number of rotatable bonds is 9. The number of aliphatic carboxylic acids is 1. The molecule has 3 heterocycles. The van der Waals surface area contributed by atoms with Gasteiger partial charge in [0.15, 0.2) is 17.6 Å². The average Bonchev–Trinajstić information content (AvgIpc) is 3.62. The third-order valence-electron chi connectivity index (χ3n) is 11.0. The molecule has 5 atom stereocenters. The number of nitrogens with one attached hydrogen (secondary N) is 2. The molecule has 2 bridgehead atoms. The molecule has 2 aliphatic heterocycles. The third-order valence-corrected chi connectivity index (χ3v) is 11.0. The Kier molecular flexibility index (Phi) is 5.93.